The molecule has 1 aliphatic carbocycles. The molecular weight excluding hydrogens is 234 g/mol. The first kappa shape index (κ1) is 12.4. The molecule has 0 bridgehead atoms. The average Bonchev–Trinajstić information content (AvgIpc) is 3.00. The van der Waals surface area contributed by atoms with Gasteiger partial charge in [-0.1, -0.05) is 37.3 Å². The molecule has 0 unspecified atom stereocenters. The minimum absolute atomic E-state index is 0.0562. The number of hydrogen-bond donors (Lipinski definition) is 2. The summed E-state index contributed by atoms with van der Waals surface area (Å²) in [5, 5.41) is 11.5. The molecule has 1 aromatic carbocycles. The number of nitrogens with one attached hydrogen (secondary N) is 1. The van der Waals surface area contributed by atoms with E-state index < -0.39 is 17.6 Å². The van der Waals surface area contributed by atoms with Gasteiger partial charge in [0, 0.05) is 0 Å². The van der Waals surface area contributed by atoms with Gasteiger partial charge >= 0.3 is 12.1 Å². The molecule has 1 fully saturated rings. The topological polar surface area (TPSA) is 75.6 Å². The molecule has 1 amide bonds. The van der Waals surface area contributed by atoms with Crippen LogP contribution in [-0.4, -0.2) is 22.7 Å². The predicted octanol–water partition coefficient (Wildman–Crippen LogP) is 1.78. The van der Waals surface area contributed by atoms with E-state index in [1.165, 1.54) is 0 Å². The van der Waals surface area contributed by atoms with Gasteiger partial charge in [-0.3, -0.25) is 0 Å². The van der Waals surface area contributed by atoms with Crippen molar-refractivity contribution in [2.75, 3.05) is 0 Å². The molecule has 0 radical (unpaired) electrons. The first-order valence-corrected chi connectivity index (χ1v) is 5.77. The number of carbonyl (C=O) groups is 2. The van der Waals surface area contributed by atoms with E-state index in [-0.39, 0.29) is 12.5 Å². The Labute approximate surface area is 105 Å². The van der Waals surface area contributed by atoms with Gasteiger partial charge < -0.3 is 15.2 Å². The maximum Gasteiger partial charge on any atom is 0.408 e. The molecule has 5 heteroatoms. The van der Waals surface area contributed by atoms with E-state index in [1.54, 1.807) is 6.92 Å². The summed E-state index contributed by atoms with van der Waals surface area (Å²) in [7, 11) is 0. The zero-order chi connectivity index (χ0) is 13.2. The van der Waals surface area contributed by atoms with Crippen LogP contribution in [0.2, 0.25) is 0 Å². The predicted molar refractivity (Wildman–Crippen MR) is 63.9 cm³/mol. The zero-order valence-electron chi connectivity index (χ0n) is 10.1. The van der Waals surface area contributed by atoms with Crippen molar-refractivity contribution in [3.63, 3.8) is 0 Å². The third-order valence-electron chi connectivity index (χ3n) is 3.23. The second kappa shape index (κ2) is 4.68. The summed E-state index contributed by atoms with van der Waals surface area (Å²) in [6.07, 6.45) is -0.242. The van der Waals surface area contributed by atoms with E-state index in [0.29, 0.717) is 6.42 Å². The molecule has 5 nitrogen and oxygen atoms in total. The Morgan fingerprint density at radius 2 is 2.06 bits per heavy atom. The maximum absolute atomic E-state index is 11.5. The summed E-state index contributed by atoms with van der Waals surface area (Å²) in [5.41, 5.74) is -0.269. The Bertz CT molecular complexity index is 459. The monoisotopic (exact) mass is 249 g/mol. The molecule has 2 atom stereocenters. The van der Waals surface area contributed by atoms with E-state index in [9.17, 15) is 9.59 Å². The standard InChI is InChI=1S/C13H15NO4/c1-9-7-13(9,11(15)16)14-12(17)18-8-10-5-3-2-4-6-10/h2-6,9H,7-8H2,1H3,(H,14,17)(H,15,16)/t9-,13-/m0/s1. The molecule has 1 aromatic rings. The molecule has 96 valence electrons. The van der Waals surface area contributed by atoms with Crippen LogP contribution < -0.4 is 5.32 Å². The van der Waals surface area contributed by atoms with Gasteiger partial charge in [-0.2, -0.15) is 0 Å². The lowest BCUT2D eigenvalue weighted by Crippen LogP contribution is -2.44. The Hall–Kier alpha value is -2.04. The van der Waals surface area contributed by atoms with Crippen LogP contribution >= 0.6 is 0 Å². The number of rotatable bonds is 4. The Morgan fingerprint density at radius 3 is 2.56 bits per heavy atom. The Balaban J connectivity index is 1.85. The Morgan fingerprint density at radius 1 is 1.44 bits per heavy atom. The van der Waals surface area contributed by atoms with Gasteiger partial charge in [0.1, 0.15) is 12.1 Å². The van der Waals surface area contributed by atoms with Crippen LogP contribution in [-0.2, 0) is 16.1 Å². The SMILES string of the molecule is C[C@H]1C[C@@]1(NC(=O)OCc1ccccc1)C(=O)O. The quantitative estimate of drug-likeness (QED) is 0.852. The van der Waals surface area contributed by atoms with Crippen molar-refractivity contribution in [2.24, 2.45) is 5.92 Å². The van der Waals surface area contributed by atoms with Gasteiger partial charge in [-0.15, -0.1) is 0 Å². The highest BCUT2D eigenvalue weighted by Crippen LogP contribution is 2.43. The number of carbonyl (C=O) groups excluding carboxylic acids is 1. The summed E-state index contributed by atoms with van der Waals surface area (Å²) in [4.78, 5) is 22.6. The molecule has 1 saturated carbocycles. The molecule has 0 spiro atoms. The number of ether oxygens (including phenoxy) is 1. The van der Waals surface area contributed by atoms with Crippen molar-refractivity contribution in [2.45, 2.75) is 25.5 Å². The van der Waals surface area contributed by atoms with E-state index in [4.69, 9.17) is 9.84 Å². The lowest BCUT2D eigenvalue weighted by atomic mass is 10.2. The van der Waals surface area contributed by atoms with Gasteiger partial charge in [-0.25, -0.2) is 9.59 Å². The third-order valence-corrected chi connectivity index (χ3v) is 3.23. The Kier molecular flexibility index (Phi) is 3.23. The fraction of sp³-hybridized carbons (Fsp3) is 0.385. The van der Waals surface area contributed by atoms with Crippen LogP contribution in [0.15, 0.2) is 30.3 Å². The average molecular weight is 249 g/mol. The van der Waals surface area contributed by atoms with E-state index in [1.807, 2.05) is 30.3 Å². The third kappa shape index (κ3) is 2.45. The van der Waals surface area contributed by atoms with Crippen molar-refractivity contribution < 1.29 is 19.4 Å². The second-order valence-electron chi connectivity index (χ2n) is 4.57. The number of hydrogen-bond acceptors (Lipinski definition) is 3. The summed E-state index contributed by atoms with van der Waals surface area (Å²) in [6, 6.07) is 9.23. The van der Waals surface area contributed by atoms with Crippen LogP contribution in [0.4, 0.5) is 4.79 Å². The van der Waals surface area contributed by atoms with E-state index in [0.717, 1.165) is 5.56 Å². The van der Waals surface area contributed by atoms with Gasteiger partial charge in [0.05, 0.1) is 0 Å². The van der Waals surface area contributed by atoms with Gasteiger partial charge in [0.25, 0.3) is 0 Å². The first-order valence-electron chi connectivity index (χ1n) is 5.77. The van der Waals surface area contributed by atoms with Crippen LogP contribution in [0.25, 0.3) is 0 Å². The summed E-state index contributed by atoms with van der Waals surface area (Å²) in [6.45, 7) is 1.92. The molecule has 18 heavy (non-hydrogen) atoms. The number of carboxylic acid groups (broad SMARTS) is 1. The highest BCUT2D eigenvalue weighted by atomic mass is 16.5. The largest absolute Gasteiger partial charge is 0.479 e. The normalized spacial score (nSPS) is 25.3. The molecule has 0 heterocycles. The van der Waals surface area contributed by atoms with Crippen LogP contribution in [0.5, 0.6) is 0 Å². The lowest BCUT2D eigenvalue weighted by molar-refractivity contribution is -0.141. The smallest absolute Gasteiger partial charge is 0.408 e. The van der Waals surface area contributed by atoms with E-state index in [2.05, 4.69) is 5.32 Å². The second-order valence-corrected chi connectivity index (χ2v) is 4.57. The van der Waals surface area contributed by atoms with Crippen molar-refractivity contribution in [3.8, 4) is 0 Å². The zero-order valence-corrected chi connectivity index (χ0v) is 10.1. The van der Waals surface area contributed by atoms with Crippen molar-refractivity contribution in [3.05, 3.63) is 35.9 Å². The fourth-order valence-electron chi connectivity index (χ4n) is 1.89. The molecule has 0 aromatic heterocycles. The molecule has 1 aliphatic rings. The minimum Gasteiger partial charge on any atom is -0.479 e. The first-order chi connectivity index (χ1) is 8.54. The van der Waals surface area contributed by atoms with Crippen LogP contribution in [0.3, 0.4) is 0 Å². The number of aliphatic carboxylic acids is 1. The van der Waals surface area contributed by atoms with Crippen LogP contribution in [0, 0.1) is 5.92 Å². The highest BCUT2D eigenvalue weighted by Gasteiger charge is 2.59. The molecule has 2 rings (SSSR count). The molecular formula is C13H15NO4. The van der Waals surface area contributed by atoms with E-state index >= 15 is 0 Å². The summed E-state index contributed by atoms with van der Waals surface area (Å²) >= 11 is 0. The minimum atomic E-state index is -1.13. The molecule has 0 aliphatic heterocycles. The van der Waals surface area contributed by atoms with Crippen LogP contribution in [0.1, 0.15) is 18.9 Å². The van der Waals surface area contributed by atoms with Gasteiger partial charge in [-0.05, 0) is 17.9 Å². The van der Waals surface area contributed by atoms with Crippen molar-refractivity contribution >= 4 is 12.1 Å². The van der Waals surface area contributed by atoms with Gasteiger partial charge in [0.2, 0.25) is 0 Å². The van der Waals surface area contributed by atoms with Crippen molar-refractivity contribution in [1.82, 2.24) is 5.32 Å². The van der Waals surface area contributed by atoms with Crippen molar-refractivity contribution in [1.29, 1.82) is 0 Å². The lowest BCUT2D eigenvalue weighted by Gasteiger charge is -2.13. The number of carboxylic acids is 1. The highest BCUT2D eigenvalue weighted by molar-refractivity contribution is 5.88. The summed E-state index contributed by atoms with van der Waals surface area (Å²) in [5.74, 6) is -1.06. The number of alkyl carbamates (subject to hydrolysis) is 1. The number of benzene rings is 1. The van der Waals surface area contributed by atoms with Gasteiger partial charge in [0.15, 0.2) is 0 Å². The maximum atomic E-state index is 11.5. The summed E-state index contributed by atoms with van der Waals surface area (Å²) < 4.78 is 4.99. The molecule has 0 saturated heterocycles. The molecule has 2 N–H and O–H groups in total. The number of amides is 1. The fourth-order valence-corrected chi connectivity index (χ4v) is 1.89.